The van der Waals surface area contributed by atoms with Crippen molar-refractivity contribution in [3.63, 3.8) is 0 Å². The van der Waals surface area contributed by atoms with Gasteiger partial charge in [0, 0.05) is 23.6 Å². The van der Waals surface area contributed by atoms with E-state index < -0.39 is 5.97 Å². The summed E-state index contributed by atoms with van der Waals surface area (Å²) in [6.07, 6.45) is 5.48. The Kier molecular flexibility index (Phi) is 4.47. The van der Waals surface area contributed by atoms with Crippen LogP contribution in [0.15, 0.2) is 54.7 Å². The minimum atomic E-state index is -0.873. The van der Waals surface area contributed by atoms with Crippen LogP contribution in [0.5, 0.6) is 0 Å². The molecule has 0 saturated heterocycles. The first kappa shape index (κ1) is 15.3. The third-order valence-electron chi connectivity index (χ3n) is 4.28. The van der Waals surface area contributed by atoms with Crippen molar-refractivity contribution in [2.45, 2.75) is 32.7 Å². The Labute approximate surface area is 136 Å². The van der Waals surface area contributed by atoms with Crippen LogP contribution in [0.4, 0.5) is 0 Å². The van der Waals surface area contributed by atoms with Gasteiger partial charge in [0.1, 0.15) is 0 Å². The fraction of sp³-hybridized carbons (Fsp3) is 0.250. The Morgan fingerprint density at radius 2 is 1.87 bits per heavy atom. The van der Waals surface area contributed by atoms with Crippen molar-refractivity contribution in [1.29, 1.82) is 0 Å². The smallest absolute Gasteiger partial charge is 0.335 e. The summed E-state index contributed by atoms with van der Waals surface area (Å²) in [5.74, 6) is -0.873. The molecule has 0 unspecified atom stereocenters. The van der Waals surface area contributed by atoms with Crippen molar-refractivity contribution in [2.24, 2.45) is 0 Å². The number of unbranched alkanes of at least 4 members (excludes halogenated alkanes) is 1. The van der Waals surface area contributed by atoms with E-state index in [9.17, 15) is 4.79 Å². The van der Waals surface area contributed by atoms with Gasteiger partial charge in [-0.3, -0.25) is 0 Å². The summed E-state index contributed by atoms with van der Waals surface area (Å²) in [6, 6.07) is 15.9. The van der Waals surface area contributed by atoms with Crippen LogP contribution < -0.4 is 0 Å². The molecule has 23 heavy (non-hydrogen) atoms. The molecule has 3 aromatic rings. The second-order valence-corrected chi connectivity index (χ2v) is 5.99. The standard InChI is InChI=1S/C20H21NO2/c1-15-14-21(12-6-5-9-16-7-3-2-4-8-16)19-11-10-17(20(22)23)13-18(15)19/h2-4,7-8,10-11,13-14H,5-6,9,12H2,1H3,(H,22,23). The highest BCUT2D eigenvalue weighted by atomic mass is 16.4. The van der Waals surface area contributed by atoms with Gasteiger partial charge in [-0.1, -0.05) is 30.3 Å². The number of fused-ring (bicyclic) bond motifs is 1. The molecular weight excluding hydrogens is 286 g/mol. The Morgan fingerprint density at radius 1 is 1.09 bits per heavy atom. The zero-order valence-corrected chi connectivity index (χ0v) is 13.3. The lowest BCUT2D eigenvalue weighted by molar-refractivity contribution is 0.0697. The molecule has 1 aromatic heterocycles. The van der Waals surface area contributed by atoms with Gasteiger partial charge in [0.15, 0.2) is 0 Å². The molecule has 3 heteroatoms. The molecule has 2 aromatic carbocycles. The third kappa shape index (κ3) is 3.45. The van der Waals surface area contributed by atoms with Crippen LogP contribution in [0.1, 0.15) is 34.3 Å². The molecular formula is C20H21NO2. The number of hydrogen-bond donors (Lipinski definition) is 1. The predicted octanol–water partition coefficient (Wildman–Crippen LogP) is 4.67. The highest BCUT2D eigenvalue weighted by Gasteiger charge is 2.09. The maximum atomic E-state index is 11.1. The van der Waals surface area contributed by atoms with Crippen molar-refractivity contribution in [3.8, 4) is 0 Å². The number of carboxylic acid groups (broad SMARTS) is 1. The van der Waals surface area contributed by atoms with Crippen LogP contribution in [0.3, 0.4) is 0 Å². The molecule has 0 radical (unpaired) electrons. The van der Waals surface area contributed by atoms with Crippen molar-refractivity contribution >= 4 is 16.9 Å². The fourth-order valence-electron chi connectivity index (χ4n) is 3.05. The van der Waals surface area contributed by atoms with Gasteiger partial charge in [0.05, 0.1) is 5.56 Å². The van der Waals surface area contributed by atoms with Crippen molar-refractivity contribution in [3.05, 3.63) is 71.4 Å². The third-order valence-corrected chi connectivity index (χ3v) is 4.28. The van der Waals surface area contributed by atoms with Crippen LogP contribution in [0.2, 0.25) is 0 Å². The first-order chi connectivity index (χ1) is 11.1. The molecule has 1 N–H and O–H groups in total. The minimum absolute atomic E-state index is 0.349. The molecule has 0 atom stereocenters. The van der Waals surface area contributed by atoms with E-state index in [1.54, 1.807) is 12.1 Å². The van der Waals surface area contributed by atoms with Crippen LogP contribution in [-0.2, 0) is 13.0 Å². The summed E-state index contributed by atoms with van der Waals surface area (Å²) in [7, 11) is 0. The Balaban J connectivity index is 1.67. The first-order valence-corrected chi connectivity index (χ1v) is 8.02. The molecule has 0 aliphatic heterocycles. The van der Waals surface area contributed by atoms with Gasteiger partial charge in [-0.05, 0) is 55.5 Å². The molecule has 3 nitrogen and oxygen atoms in total. The molecule has 1 heterocycles. The lowest BCUT2D eigenvalue weighted by Crippen LogP contribution is -1.98. The highest BCUT2D eigenvalue weighted by Crippen LogP contribution is 2.23. The summed E-state index contributed by atoms with van der Waals surface area (Å²) in [5.41, 5.74) is 3.98. The fourth-order valence-corrected chi connectivity index (χ4v) is 3.05. The second-order valence-electron chi connectivity index (χ2n) is 5.99. The van der Waals surface area contributed by atoms with Gasteiger partial charge in [-0.2, -0.15) is 0 Å². The van der Waals surface area contributed by atoms with Crippen molar-refractivity contribution in [1.82, 2.24) is 4.57 Å². The minimum Gasteiger partial charge on any atom is -0.478 e. The van der Waals surface area contributed by atoms with Gasteiger partial charge < -0.3 is 9.67 Å². The van der Waals surface area contributed by atoms with E-state index in [0.29, 0.717) is 5.56 Å². The summed E-state index contributed by atoms with van der Waals surface area (Å²) in [5, 5.41) is 10.2. The molecule has 0 spiro atoms. The predicted molar refractivity (Wildman–Crippen MR) is 93.0 cm³/mol. The SMILES string of the molecule is Cc1cn(CCCCc2ccccc2)c2ccc(C(=O)O)cc12. The Morgan fingerprint density at radius 3 is 2.61 bits per heavy atom. The first-order valence-electron chi connectivity index (χ1n) is 8.02. The zero-order chi connectivity index (χ0) is 16.2. The van der Waals surface area contributed by atoms with Crippen molar-refractivity contribution in [2.75, 3.05) is 0 Å². The number of carboxylic acids is 1. The van der Waals surface area contributed by atoms with E-state index in [4.69, 9.17) is 5.11 Å². The quantitative estimate of drug-likeness (QED) is 0.672. The van der Waals surface area contributed by atoms with Gasteiger partial charge in [0.25, 0.3) is 0 Å². The number of aryl methyl sites for hydroxylation is 3. The average molecular weight is 307 g/mol. The summed E-state index contributed by atoms with van der Waals surface area (Å²) in [4.78, 5) is 11.1. The van der Waals surface area contributed by atoms with E-state index in [1.807, 2.05) is 19.1 Å². The summed E-state index contributed by atoms with van der Waals surface area (Å²) < 4.78 is 2.24. The van der Waals surface area contributed by atoms with E-state index in [0.717, 1.165) is 42.3 Å². The van der Waals surface area contributed by atoms with Crippen LogP contribution in [0, 0.1) is 6.92 Å². The van der Waals surface area contributed by atoms with Gasteiger partial charge in [0.2, 0.25) is 0 Å². The number of aromatic carboxylic acids is 1. The highest BCUT2D eigenvalue weighted by molar-refractivity contribution is 5.94. The molecule has 118 valence electrons. The lowest BCUT2D eigenvalue weighted by atomic mass is 10.1. The lowest BCUT2D eigenvalue weighted by Gasteiger charge is -2.06. The van der Waals surface area contributed by atoms with Gasteiger partial charge >= 0.3 is 5.97 Å². The van der Waals surface area contributed by atoms with Crippen LogP contribution in [0.25, 0.3) is 10.9 Å². The monoisotopic (exact) mass is 307 g/mol. The largest absolute Gasteiger partial charge is 0.478 e. The number of aromatic nitrogens is 1. The molecule has 3 rings (SSSR count). The number of benzene rings is 2. The maximum absolute atomic E-state index is 11.1. The van der Waals surface area contributed by atoms with Crippen LogP contribution >= 0.6 is 0 Å². The maximum Gasteiger partial charge on any atom is 0.335 e. The van der Waals surface area contributed by atoms with E-state index in [-0.39, 0.29) is 0 Å². The molecule has 0 aliphatic carbocycles. The van der Waals surface area contributed by atoms with Gasteiger partial charge in [-0.25, -0.2) is 4.79 Å². The number of nitrogens with zero attached hydrogens (tertiary/aromatic N) is 1. The topological polar surface area (TPSA) is 42.2 Å². The van der Waals surface area contributed by atoms with Crippen LogP contribution in [-0.4, -0.2) is 15.6 Å². The Bertz CT molecular complexity index is 818. The van der Waals surface area contributed by atoms with E-state index in [2.05, 4.69) is 35.0 Å². The van der Waals surface area contributed by atoms with E-state index >= 15 is 0 Å². The molecule has 0 amide bonds. The Hall–Kier alpha value is -2.55. The number of carbonyl (C=O) groups is 1. The molecule has 0 bridgehead atoms. The second kappa shape index (κ2) is 6.69. The number of hydrogen-bond acceptors (Lipinski definition) is 1. The van der Waals surface area contributed by atoms with E-state index in [1.165, 1.54) is 5.56 Å². The number of rotatable bonds is 6. The zero-order valence-electron chi connectivity index (χ0n) is 13.3. The van der Waals surface area contributed by atoms with Gasteiger partial charge in [-0.15, -0.1) is 0 Å². The van der Waals surface area contributed by atoms with Crippen molar-refractivity contribution < 1.29 is 9.90 Å². The molecule has 0 fully saturated rings. The molecule has 0 saturated carbocycles. The summed E-state index contributed by atoms with van der Waals surface area (Å²) >= 11 is 0. The molecule has 0 aliphatic rings. The average Bonchev–Trinajstić information content (AvgIpc) is 2.88. The normalized spacial score (nSPS) is 11.0. The summed E-state index contributed by atoms with van der Waals surface area (Å²) in [6.45, 7) is 3.00.